The van der Waals surface area contributed by atoms with Crippen molar-refractivity contribution >= 4 is 50.0 Å². The maximum Gasteiger partial charge on any atom is 0.319 e. The molecule has 4 aromatic rings. The molecule has 1 aromatic carbocycles. The normalized spacial score (nSPS) is 15.1. The number of carbonyl (C=O) groups excluding carboxylic acids is 1. The first-order valence-corrected chi connectivity index (χ1v) is 11.0. The highest BCUT2D eigenvalue weighted by atomic mass is 32.1. The molecule has 0 saturated carbocycles. The number of benzene rings is 1. The van der Waals surface area contributed by atoms with Gasteiger partial charge < -0.3 is 20.1 Å². The van der Waals surface area contributed by atoms with Crippen molar-refractivity contribution in [2.75, 3.05) is 32.5 Å². The van der Waals surface area contributed by atoms with Crippen LogP contribution in [0.15, 0.2) is 42.0 Å². The molecule has 0 atom stereocenters. The number of urea groups is 1. The van der Waals surface area contributed by atoms with Crippen molar-refractivity contribution < 1.29 is 4.79 Å². The fraction of sp³-hybridized carbons (Fsp3) is 0.318. The van der Waals surface area contributed by atoms with Crippen molar-refractivity contribution in [3.63, 3.8) is 0 Å². The Hall–Kier alpha value is -3.13. The van der Waals surface area contributed by atoms with Crippen LogP contribution in [0.3, 0.4) is 0 Å². The molecule has 0 bridgehead atoms. The van der Waals surface area contributed by atoms with Gasteiger partial charge in [-0.3, -0.25) is 0 Å². The Balaban J connectivity index is 1.37. The van der Waals surface area contributed by atoms with Crippen molar-refractivity contribution in [1.82, 2.24) is 24.8 Å². The molecule has 0 radical (unpaired) electrons. The molecule has 4 heterocycles. The molecular formula is C22H24N6OS. The van der Waals surface area contributed by atoms with Crippen LogP contribution in [0.4, 0.5) is 16.2 Å². The SMILES string of the molecule is CN(C)C(=O)N1CCC(c2cc3c(Nc4ccc5ncsc5c4)ccnc3[nH]2)CC1. The molecular weight excluding hydrogens is 396 g/mol. The van der Waals surface area contributed by atoms with Crippen molar-refractivity contribution in [2.45, 2.75) is 18.8 Å². The zero-order valence-corrected chi connectivity index (χ0v) is 17.9. The van der Waals surface area contributed by atoms with Crippen LogP contribution in [-0.4, -0.2) is 58.0 Å². The van der Waals surface area contributed by atoms with E-state index in [1.807, 2.05) is 28.7 Å². The van der Waals surface area contributed by atoms with Crippen LogP contribution in [0, 0.1) is 0 Å². The third kappa shape index (κ3) is 3.47. The van der Waals surface area contributed by atoms with Crippen LogP contribution in [0.5, 0.6) is 0 Å². The van der Waals surface area contributed by atoms with Crippen molar-refractivity contribution in [1.29, 1.82) is 0 Å². The number of piperidine rings is 1. The minimum Gasteiger partial charge on any atom is -0.355 e. The summed E-state index contributed by atoms with van der Waals surface area (Å²) in [6.07, 6.45) is 3.74. The zero-order chi connectivity index (χ0) is 20.7. The van der Waals surface area contributed by atoms with Gasteiger partial charge in [0.15, 0.2) is 0 Å². The molecule has 1 fully saturated rings. The number of aromatic amines is 1. The fourth-order valence-corrected chi connectivity index (χ4v) is 4.85. The summed E-state index contributed by atoms with van der Waals surface area (Å²) in [6, 6.07) is 10.5. The number of amides is 2. The Morgan fingerprint density at radius 3 is 2.83 bits per heavy atom. The zero-order valence-electron chi connectivity index (χ0n) is 17.1. The number of fused-ring (bicyclic) bond motifs is 2. The summed E-state index contributed by atoms with van der Waals surface area (Å²) in [5.74, 6) is 0.409. The lowest BCUT2D eigenvalue weighted by Crippen LogP contribution is -2.43. The summed E-state index contributed by atoms with van der Waals surface area (Å²) in [6.45, 7) is 1.56. The lowest BCUT2D eigenvalue weighted by molar-refractivity contribution is 0.156. The average Bonchev–Trinajstić information content (AvgIpc) is 3.40. The second-order valence-corrected chi connectivity index (χ2v) is 8.83. The quantitative estimate of drug-likeness (QED) is 0.500. The van der Waals surface area contributed by atoms with Gasteiger partial charge >= 0.3 is 6.03 Å². The van der Waals surface area contributed by atoms with Gasteiger partial charge in [0.2, 0.25) is 0 Å². The first-order valence-electron chi connectivity index (χ1n) is 10.1. The Morgan fingerprint density at radius 1 is 1.20 bits per heavy atom. The van der Waals surface area contributed by atoms with E-state index in [9.17, 15) is 4.79 Å². The molecule has 0 unspecified atom stereocenters. The molecule has 2 amide bonds. The van der Waals surface area contributed by atoms with Crippen LogP contribution in [-0.2, 0) is 0 Å². The molecule has 5 rings (SSSR count). The first kappa shape index (κ1) is 18.9. The van der Waals surface area contributed by atoms with E-state index in [0.717, 1.165) is 53.9 Å². The summed E-state index contributed by atoms with van der Waals surface area (Å²) in [7, 11) is 3.61. The Morgan fingerprint density at radius 2 is 2.03 bits per heavy atom. The van der Waals surface area contributed by atoms with Gasteiger partial charge in [-0.05, 0) is 43.2 Å². The summed E-state index contributed by atoms with van der Waals surface area (Å²) in [4.78, 5) is 28.2. The molecule has 2 N–H and O–H groups in total. The second kappa shape index (κ2) is 7.60. The Bertz CT molecular complexity index is 1200. The predicted octanol–water partition coefficient (Wildman–Crippen LogP) is 4.78. The standard InChI is InChI=1S/C22H24N6OS/c1-27(2)22(29)28-9-6-14(7-10-28)19-12-16-17(5-8-23-21(16)26-19)25-15-3-4-18-20(11-15)30-13-24-18/h3-5,8,11-14H,6-7,9-10H2,1-2H3,(H2,23,25,26). The molecule has 0 aliphatic carbocycles. The third-order valence-electron chi connectivity index (χ3n) is 5.75. The van der Waals surface area contributed by atoms with E-state index < -0.39 is 0 Å². The molecule has 30 heavy (non-hydrogen) atoms. The van der Waals surface area contributed by atoms with Gasteiger partial charge in [-0.15, -0.1) is 11.3 Å². The van der Waals surface area contributed by atoms with Crippen LogP contribution >= 0.6 is 11.3 Å². The second-order valence-electron chi connectivity index (χ2n) is 7.94. The minimum atomic E-state index is 0.0937. The van der Waals surface area contributed by atoms with Crippen LogP contribution in [0.25, 0.3) is 21.3 Å². The van der Waals surface area contributed by atoms with Crippen LogP contribution in [0.1, 0.15) is 24.5 Å². The number of thiazole rings is 1. The molecule has 1 saturated heterocycles. The van der Waals surface area contributed by atoms with E-state index in [1.54, 1.807) is 30.3 Å². The summed E-state index contributed by atoms with van der Waals surface area (Å²) < 4.78 is 1.17. The molecule has 1 aliphatic heterocycles. The molecule has 8 heteroatoms. The number of hydrogen-bond donors (Lipinski definition) is 2. The fourth-order valence-electron chi connectivity index (χ4n) is 4.13. The number of rotatable bonds is 3. The molecule has 154 valence electrons. The maximum atomic E-state index is 12.2. The predicted molar refractivity (Wildman–Crippen MR) is 122 cm³/mol. The first-order chi connectivity index (χ1) is 14.6. The molecule has 3 aromatic heterocycles. The number of nitrogens with one attached hydrogen (secondary N) is 2. The van der Waals surface area contributed by atoms with Gasteiger partial charge in [0, 0.05) is 56.1 Å². The van der Waals surface area contributed by atoms with E-state index in [0.29, 0.717) is 5.92 Å². The number of carbonyl (C=O) groups is 1. The molecule has 7 nitrogen and oxygen atoms in total. The van der Waals surface area contributed by atoms with Gasteiger partial charge in [0.05, 0.1) is 21.4 Å². The summed E-state index contributed by atoms with van der Waals surface area (Å²) in [5.41, 5.74) is 7.05. The lowest BCUT2D eigenvalue weighted by atomic mass is 9.93. The maximum absolute atomic E-state index is 12.2. The van der Waals surface area contributed by atoms with Gasteiger partial charge in [-0.1, -0.05) is 0 Å². The van der Waals surface area contributed by atoms with E-state index >= 15 is 0 Å². The highest BCUT2D eigenvalue weighted by molar-refractivity contribution is 7.16. The highest BCUT2D eigenvalue weighted by Crippen LogP contribution is 2.33. The Kier molecular flexibility index (Phi) is 4.78. The number of aromatic nitrogens is 3. The van der Waals surface area contributed by atoms with E-state index in [4.69, 9.17) is 0 Å². The van der Waals surface area contributed by atoms with Crippen molar-refractivity contribution in [3.05, 3.63) is 47.7 Å². The lowest BCUT2D eigenvalue weighted by Gasteiger charge is -2.33. The van der Waals surface area contributed by atoms with Crippen LogP contribution < -0.4 is 5.32 Å². The minimum absolute atomic E-state index is 0.0937. The number of H-pyrrole nitrogens is 1. The van der Waals surface area contributed by atoms with Crippen molar-refractivity contribution in [2.24, 2.45) is 0 Å². The number of anilines is 2. The number of hydrogen-bond acceptors (Lipinski definition) is 5. The van der Waals surface area contributed by atoms with Gasteiger partial charge in [-0.2, -0.15) is 0 Å². The van der Waals surface area contributed by atoms with Gasteiger partial charge in [-0.25, -0.2) is 14.8 Å². The van der Waals surface area contributed by atoms with Gasteiger partial charge in [0.1, 0.15) is 5.65 Å². The summed E-state index contributed by atoms with van der Waals surface area (Å²) in [5, 5.41) is 4.63. The Labute approximate surface area is 178 Å². The molecule has 0 spiro atoms. The van der Waals surface area contributed by atoms with E-state index in [1.165, 1.54) is 10.4 Å². The number of likely N-dealkylation sites (tertiary alicyclic amines) is 1. The number of nitrogens with zero attached hydrogens (tertiary/aromatic N) is 4. The molecule has 1 aliphatic rings. The average molecular weight is 421 g/mol. The van der Waals surface area contributed by atoms with Crippen molar-refractivity contribution in [3.8, 4) is 0 Å². The van der Waals surface area contributed by atoms with E-state index in [2.05, 4.69) is 38.5 Å². The smallest absolute Gasteiger partial charge is 0.319 e. The monoisotopic (exact) mass is 420 g/mol. The van der Waals surface area contributed by atoms with E-state index in [-0.39, 0.29) is 6.03 Å². The third-order valence-corrected chi connectivity index (χ3v) is 6.54. The van der Waals surface area contributed by atoms with Crippen LogP contribution in [0.2, 0.25) is 0 Å². The topological polar surface area (TPSA) is 77.2 Å². The number of pyridine rings is 1. The largest absolute Gasteiger partial charge is 0.355 e. The highest BCUT2D eigenvalue weighted by Gasteiger charge is 2.26. The summed E-state index contributed by atoms with van der Waals surface area (Å²) >= 11 is 1.64. The van der Waals surface area contributed by atoms with Gasteiger partial charge in [0.25, 0.3) is 0 Å².